The van der Waals surface area contributed by atoms with Crippen molar-refractivity contribution < 1.29 is 17.9 Å². The topological polar surface area (TPSA) is 35.2 Å². The molecule has 1 aromatic rings. The van der Waals surface area contributed by atoms with Crippen LogP contribution in [0.3, 0.4) is 0 Å². The van der Waals surface area contributed by atoms with Gasteiger partial charge in [0.25, 0.3) is 0 Å². The first-order valence-corrected chi connectivity index (χ1v) is 5.85. The Balaban J connectivity index is 2.51. The molecular formula is C11H13BrF3NO. The lowest BCUT2D eigenvalue weighted by atomic mass is 10.1. The molecule has 0 radical (unpaired) electrons. The predicted octanol–water partition coefficient (Wildman–Crippen LogP) is 3.42. The zero-order valence-electron chi connectivity index (χ0n) is 9.01. The van der Waals surface area contributed by atoms with Crippen molar-refractivity contribution >= 4 is 15.9 Å². The van der Waals surface area contributed by atoms with E-state index in [4.69, 9.17) is 10.5 Å². The van der Waals surface area contributed by atoms with Crippen LogP contribution in [0.4, 0.5) is 13.2 Å². The van der Waals surface area contributed by atoms with Gasteiger partial charge in [0.05, 0.1) is 19.1 Å². The lowest BCUT2D eigenvalue weighted by Crippen LogP contribution is -2.19. The molecule has 2 nitrogen and oxygen atoms in total. The van der Waals surface area contributed by atoms with Gasteiger partial charge in [-0.3, -0.25) is 0 Å². The second kappa shape index (κ2) is 6.37. The molecule has 0 heterocycles. The summed E-state index contributed by atoms with van der Waals surface area (Å²) in [6.45, 7) is -0.221. The number of nitrogens with two attached hydrogens (primary N) is 1. The molecule has 0 amide bonds. The minimum atomic E-state index is -4.20. The average molecular weight is 312 g/mol. The van der Waals surface area contributed by atoms with E-state index < -0.39 is 18.7 Å². The molecule has 1 unspecified atom stereocenters. The summed E-state index contributed by atoms with van der Waals surface area (Å²) in [6.07, 6.45) is -5.65. The van der Waals surface area contributed by atoms with E-state index in [0.717, 1.165) is 10.0 Å². The molecule has 0 aliphatic heterocycles. The quantitative estimate of drug-likeness (QED) is 0.904. The highest BCUT2D eigenvalue weighted by Crippen LogP contribution is 2.23. The number of alkyl halides is 3. The number of ether oxygens (including phenoxy) is 1. The van der Waals surface area contributed by atoms with Crippen LogP contribution in [0.1, 0.15) is 18.1 Å². The Kier molecular flexibility index (Phi) is 5.42. The third-order valence-electron chi connectivity index (χ3n) is 2.16. The summed E-state index contributed by atoms with van der Waals surface area (Å²) < 4.78 is 41.9. The molecule has 96 valence electrons. The predicted molar refractivity (Wildman–Crippen MR) is 62.6 cm³/mol. The molecule has 1 rings (SSSR count). The molecule has 0 aliphatic carbocycles. The fourth-order valence-corrected chi connectivity index (χ4v) is 1.56. The van der Waals surface area contributed by atoms with E-state index in [2.05, 4.69) is 15.9 Å². The largest absolute Gasteiger partial charge is 0.391 e. The van der Waals surface area contributed by atoms with Crippen molar-refractivity contribution in [3.63, 3.8) is 0 Å². The van der Waals surface area contributed by atoms with Gasteiger partial charge in [0.2, 0.25) is 0 Å². The number of hydrogen-bond donors (Lipinski definition) is 1. The van der Waals surface area contributed by atoms with Crippen LogP contribution in [0, 0.1) is 0 Å². The fraction of sp³-hybridized carbons (Fsp3) is 0.455. The van der Waals surface area contributed by atoms with Gasteiger partial charge in [-0.2, -0.15) is 13.2 Å². The maximum absolute atomic E-state index is 11.9. The van der Waals surface area contributed by atoms with Crippen molar-refractivity contribution in [1.82, 2.24) is 0 Å². The maximum atomic E-state index is 11.9. The Hall–Kier alpha value is -0.590. The summed E-state index contributed by atoms with van der Waals surface area (Å²) in [5.41, 5.74) is 6.25. The number of benzene rings is 1. The summed E-state index contributed by atoms with van der Waals surface area (Å²) in [6, 6.07) is 7.14. The van der Waals surface area contributed by atoms with Crippen LogP contribution in [0.15, 0.2) is 28.7 Å². The van der Waals surface area contributed by atoms with Crippen LogP contribution in [0.25, 0.3) is 0 Å². The van der Waals surface area contributed by atoms with Crippen molar-refractivity contribution in [2.45, 2.75) is 18.7 Å². The minimum absolute atomic E-state index is 0.152. The standard InChI is InChI=1S/C11H13BrF3NO/c12-9-3-1-8(2-4-9)10(7-16)17-6-5-11(13,14)15/h1-4,10H,5-7,16H2. The highest BCUT2D eigenvalue weighted by atomic mass is 79.9. The monoisotopic (exact) mass is 311 g/mol. The lowest BCUT2D eigenvalue weighted by Gasteiger charge is -2.17. The second-order valence-electron chi connectivity index (χ2n) is 3.51. The molecule has 0 fully saturated rings. The van der Waals surface area contributed by atoms with Gasteiger partial charge in [0.15, 0.2) is 0 Å². The Morgan fingerprint density at radius 2 is 1.82 bits per heavy atom. The Labute approximate surface area is 106 Å². The molecule has 0 saturated carbocycles. The lowest BCUT2D eigenvalue weighted by molar-refractivity contribution is -0.149. The van der Waals surface area contributed by atoms with Gasteiger partial charge in [0, 0.05) is 11.0 Å². The van der Waals surface area contributed by atoms with E-state index in [1.165, 1.54) is 0 Å². The van der Waals surface area contributed by atoms with E-state index in [9.17, 15) is 13.2 Å². The Morgan fingerprint density at radius 3 is 2.29 bits per heavy atom. The van der Waals surface area contributed by atoms with Gasteiger partial charge in [-0.1, -0.05) is 28.1 Å². The highest BCUT2D eigenvalue weighted by molar-refractivity contribution is 9.10. The third-order valence-corrected chi connectivity index (χ3v) is 2.69. The van der Waals surface area contributed by atoms with E-state index in [1.54, 1.807) is 24.3 Å². The molecule has 17 heavy (non-hydrogen) atoms. The van der Waals surface area contributed by atoms with Gasteiger partial charge < -0.3 is 10.5 Å². The molecule has 0 bridgehead atoms. The Bertz CT molecular complexity index is 340. The van der Waals surface area contributed by atoms with Crippen LogP contribution < -0.4 is 5.73 Å². The van der Waals surface area contributed by atoms with E-state index in [1.807, 2.05) is 0 Å². The van der Waals surface area contributed by atoms with E-state index in [-0.39, 0.29) is 13.2 Å². The zero-order valence-corrected chi connectivity index (χ0v) is 10.6. The molecule has 1 atom stereocenters. The average Bonchev–Trinajstić information content (AvgIpc) is 2.24. The van der Waals surface area contributed by atoms with Gasteiger partial charge in [-0.05, 0) is 17.7 Å². The Morgan fingerprint density at radius 1 is 1.24 bits per heavy atom. The third kappa shape index (κ3) is 5.52. The zero-order chi connectivity index (χ0) is 12.9. The normalized spacial score (nSPS) is 13.7. The summed E-state index contributed by atoms with van der Waals surface area (Å²) in [5, 5.41) is 0. The molecule has 0 aliphatic rings. The van der Waals surface area contributed by atoms with Crippen LogP contribution in [-0.4, -0.2) is 19.3 Å². The molecule has 2 N–H and O–H groups in total. The first-order chi connectivity index (χ1) is 7.92. The highest BCUT2D eigenvalue weighted by Gasteiger charge is 2.27. The second-order valence-corrected chi connectivity index (χ2v) is 4.43. The van der Waals surface area contributed by atoms with Crippen LogP contribution in [0.2, 0.25) is 0 Å². The number of halogens is 4. The summed E-state index contributed by atoms with van der Waals surface area (Å²) >= 11 is 3.27. The molecule has 0 spiro atoms. The fourth-order valence-electron chi connectivity index (χ4n) is 1.29. The van der Waals surface area contributed by atoms with E-state index >= 15 is 0 Å². The van der Waals surface area contributed by atoms with Gasteiger partial charge in [0.1, 0.15) is 0 Å². The molecular weight excluding hydrogens is 299 g/mol. The van der Waals surface area contributed by atoms with Crippen molar-refractivity contribution in [2.24, 2.45) is 5.73 Å². The summed E-state index contributed by atoms with van der Waals surface area (Å²) in [4.78, 5) is 0. The maximum Gasteiger partial charge on any atom is 0.391 e. The smallest absolute Gasteiger partial charge is 0.372 e. The van der Waals surface area contributed by atoms with Crippen molar-refractivity contribution in [3.05, 3.63) is 34.3 Å². The van der Waals surface area contributed by atoms with Gasteiger partial charge >= 0.3 is 6.18 Å². The van der Waals surface area contributed by atoms with Crippen molar-refractivity contribution in [1.29, 1.82) is 0 Å². The molecule has 0 saturated heterocycles. The van der Waals surface area contributed by atoms with Crippen molar-refractivity contribution in [2.75, 3.05) is 13.2 Å². The van der Waals surface area contributed by atoms with E-state index in [0.29, 0.717) is 0 Å². The minimum Gasteiger partial charge on any atom is -0.372 e. The molecule has 6 heteroatoms. The number of hydrogen-bond acceptors (Lipinski definition) is 2. The SMILES string of the molecule is NCC(OCCC(F)(F)F)c1ccc(Br)cc1. The van der Waals surface area contributed by atoms with Crippen LogP contribution in [0.5, 0.6) is 0 Å². The van der Waals surface area contributed by atoms with Gasteiger partial charge in [-0.25, -0.2) is 0 Å². The van der Waals surface area contributed by atoms with Crippen molar-refractivity contribution in [3.8, 4) is 0 Å². The van der Waals surface area contributed by atoms with Crippen LogP contribution in [-0.2, 0) is 4.74 Å². The number of rotatable bonds is 5. The van der Waals surface area contributed by atoms with Crippen LogP contribution >= 0.6 is 15.9 Å². The first-order valence-electron chi connectivity index (χ1n) is 5.06. The first kappa shape index (κ1) is 14.5. The molecule has 0 aromatic heterocycles. The summed E-state index contributed by atoms with van der Waals surface area (Å²) in [7, 11) is 0. The summed E-state index contributed by atoms with van der Waals surface area (Å²) in [5.74, 6) is 0. The molecule has 1 aromatic carbocycles. The van der Waals surface area contributed by atoms with Gasteiger partial charge in [-0.15, -0.1) is 0 Å².